The van der Waals surface area contributed by atoms with Gasteiger partial charge in [-0.05, 0) is 26.0 Å². The lowest BCUT2D eigenvalue weighted by atomic mass is 10.1. The van der Waals surface area contributed by atoms with Crippen LogP contribution >= 0.6 is 0 Å². The van der Waals surface area contributed by atoms with E-state index >= 15 is 0 Å². The van der Waals surface area contributed by atoms with Gasteiger partial charge in [0.05, 0.1) is 6.04 Å². The van der Waals surface area contributed by atoms with Crippen LogP contribution in [0.3, 0.4) is 0 Å². The molecule has 16 heavy (non-hydrogen) atoms. The zero-order chi connectivity index (χ0) is 11.7. The second kappa shape index (κ2) is 3.84. The van der Waals surface area contributed by atoms with Gasteiger partial charge in [-0.25, -0.2) is 4.68 Å². The minimum Gasteiger partial charge on any atom is -0.508 e. The molecule has 2 aromatic rings. The highest BCUT2D eigenvalue weighted by Gasteiger charge is 2.13. The van der Waals surface area contributed by atoms with Gasteiger partial charge in [-0.3, -0.25) is 0 Å². The van der Waals surface area contributed by atoms with Gasteiger partial charge in [-0.1, -0.05) is 17.3 Å². The fraction of sp³-hybridized carbons (Fsp3) is 0.273. The molecule has 0 radical (unpaired) electrons. The van der Waals surface area contributed by atoms with Gasteiger partial charge in [0.1, 0.15) is 11.4 Å². The summed E-state index contributed by atoms with van der Waals surface area (Å²) in [5.74, 6) is 0.705. The minimum atomic E-state index is 0.165. The number of hydrogen-bond acceptors (Lipinski definition) is 4. The molecule has 3 N–H and O–H groups in total. The highest BCUT2D eigenvalue weighted by molar-refractivity contribution is 5.70. The van der Waals surface area contributed by atoms with Crippen molar-refractivity contribution >= 4 is 5.82 Å². The quantitative estimate of drug-likeness (QED) is 0.806. The summed E-state index contributed by atoms with van der Waals surface area (Å²) in [4.78, 5) is 0. The normalized spacial score (nSPS) is 10.9. The van der Waals surface area contributed by atoms with E-state index in [1.165, 1.54) is 0 Å². The molecule has 0 spiro atoms. The molecule has 0 aliphatic heterocycles. The maximum Gasteiger partial charge on any atom is 0.150 e. The van der Waals surface area contributed by atoms with Gasteiger partial charge in [0.2, 0.25) is 0 Å². The van der Waals surface area contributed by atoms with Gasteiger partial charge in [0.15, 0.2) is 5.82 Å². The smallest absolute Gasteiger partial charge is 0.150 e. The van der Waals surface area contributed by atoms with Crippen LogP contribution in [0.2, 0.25) is 0 Å². The monoisotopic (exact) mass is 218 g/mol. The van der Waals surface area contributed by atoms with Crippen molar-refractivity contribution < 1.29 is 5.11 Å². The molecule has 0 amide bonds. The average molecular weight is 218 g/mol. The average Bonchev–Trinajstić information content (AvgIpc) is 2.60. The number of nitrogen functional groups attached to an aromatic ring is 1. The first-order valence-corrected chi connectivity index (χ1v) is 5.09. The minimum absolute atomic E-state index is 0.165. The molecular weight excluding hydrogens is 204 g/mol. The number of aromatic nitrogens is 3. The summed E-state index contributed by atoms with van der Waals surface area (Å²) in [5, 5.41) is 17.4. The number of anilines is 1. The molecule has 84 valence electrons. The number of rotatable bonds is 2. The summed E-state index contributed by atoms with van der Waals surface area (Å²) in [5.41, 5.74) is 7.31. The van der Waals surface area contributed by atoms with Crippen molar-refractivity contribution in [3.63, 3.8) is 0 Å². The van der Waals surface area contributed by atoms with Gasteiger partial charge < -0.3 is 10.8 Å². The molecule has 2 rings (SSSR count). The first-order valence-electron chi connectivity index (χ1n) is 5.09. The van der Waals surface area contributed by atoms with E-state index in [1.54, 1.807) is 22.9 Å². The maximum absolute atomic E-state index is 9.39. The molecule has 1 aromatic carbocycles. The Balaban J connectivity index is 2.49. The largest absolute Gasteiger partial charge is 0.508 e. The van der Waals surface area contributed by atoms with E-state index in [0.717, 1.165) is 5.56 Å². The summed E-state index contributed by atoms with van der Waals surface area (Å²) in [6.07, 6.45) is 0. The molecule has 0 aliphatic carbocycles. The molecule has 0 atom stereocenters. The Kier molecular flexibility index (Phi) is 2.52. The second-order valence-corrected chi connectivity index (χ2v) is 3.91. The van der Waals surface area contributed by atoms with Crippen LogP contribution in [-0.2, 0) is 0 Å². The highest BCUT2D eigenvalue weighted by Crippen LogP contribution is 2.27. The number of phenols is 1. The number of phenolic OH excluding ortho intramolecular Hbond substituents is 1. The lowest BCUT2D eigenvalue weighted by Gasteiger charge is -2.06. The van der Waals surface area contributed by atoms with E-state index in [4.69, 9.17) is 5.73 Å². The van der Waals surface area contributed by atoms with Crippen LogP contribution in [0, 0.1) is 0 Å². The van der Waals surface area contributed by atoms with Gasteiger partial charge in [-0.15, -0.1) is 5.10 Å². The summed E-state index contributed by atoms with van der Waals surface area (Å²) in [6.45, 7) is 3.97. The first kappa shape index (κ1) is 10.5. The number of hydrogen-bond donors (Lipinski definition) is 2. The topological polar surface area (TPSA) is 77.0 Å². The lowest BCUT2D eigenvalue weighted by Crippen LogP contribution is -2.07. The Morgan fingerprint density at radius 3 is 2.69 bits per heavy atom. The van der Waals surface area contributed by atoms with Crippen molar-refractivity contribution in [3.8, 4) is 17.0 Å². The molecule has 0 aliphatic rings. The van der Waals surface area contributed by atoms with Gasteiger partial charge >= 0.3 is 0 Å². The number of aromatic hydroxyl groups is 1. The molecule has 5 heteroatoms. The molecular formula is C11H14N4O. The molecule has 5 nitrogen and oxygen atoms in total. The molecule has 0 saturated carbocycles. The SMILES string of the molecule is CC(C)n1nnc(-c2cccc(O)c2)c1N. The summed E-state index contributed by atoms with van der Waals surface area (Å²) in [6, 6.07) is 6.97. The molecule has 1 aromatic heterocycles. The van der Waals surface area contributed by atoms with Gasteiger partial charge in [0.25, 0.3) is 0 Å². The van der Waals surface area contributed by atoms with Crippen molar-refractivity contribution in [1.82, 2.24) is 15.0 Å². The third kappa shape index (κ3) is 1.71. The summed E-state index contributed by atoms with van der Waals surface area (Å²) in [7, 11) is 0. The molecule has 1 heterocycles. The van der Waals surface area contributed by atoms with Gasteiger partial charge in [-0.2, -0.15) is 0 Å². The van der Waals surface area contributed by atoms with Crippen molar-refractivity contribution in [2.45, 2.75) is 19.9 Å². The van der Waals surface area contributed by atoms with Crippen molar-refractivity contribution in [3.05, 3.63) is 24.3 Å². The third-order valence-electron chi connectivity index (χ3n) is 2.34. The van der Waals surface area contributed by atoms with E-state index in [2.05, 4.69) is 10.3 Å². The Morgan fingerprint density at radius 2 is 2.12 bits per heavy atom. The van der Waals surface area contributed by atoms with Crippen molar-refractivity contribution in [2.75, 3.05) is 5.73 Å². The van der Waals surface area contributed by atoms with E-state index in [-0.39, 0.29) is 11.8 Å². The molecule has 0 fully saturated rings. The fourth-order valence-corrected chi connectivity index (χ4v) is 1.54. The predicted octanol–water partition coefficient (Wildman–Crippen LogP) is 1.81. The lowest BCUT2D eigenvalue weighted by molar-refractivity contribution is 0.475. The summed E-state index contributed by atoms with van der Waals surface area (Å²) >= 11 is 0. The highest BCUT2D eigenvalue weighted by atomic mass is 16.3. The third-order valence-corrected chi connectivity index (χ3v) is 2.34. The van der Waals surface area contributed by atoms with E-state index in [1.807, 2.05) is 19.9 Å². The van der Waals surface area contributed by atoms with Crippen LogP contribution in [0.4, 0.5) is 5.82 Å². The van der Waals surface area contributed by atoms with Crippen LogP contribution in [0.25, 0.3) is 11.3 Å². The fourth-order valence-electron chi connectivity index (χ4n) is 1.54. The van der Waals surface area contributed by atoms with Crippen molar-refractivity contribution in [1.29, 1.82) is 0 Å². The van der Waals surface area contributed by atoms with Crippen LogP contribution < -0.4 is 5.73 Å². The summed E-state index contributed by atoms with van der Waals surface area (Å²) < 4.78 is 1.65. The zero-order valence-corrected chi connectivity index (χ0v) is 9.25. The Labute approximate surface area is 93.5 Å². The van der Waals surface area contributed by atoms with Crippen LogP contribution in [0.15, 0.2) is 24.3 Å². The second-order valence-electron chi connectivity index (χ2n) is 3.91. The van der Waals surface area contributed by atoms with E-state index in [9.17, 15) is 5.11 Å². The molecule has 0 unspecified atom stereocenters. The van der Waals surface area contributed by atoms with Crippen LogP contribution in [0.5, 0.6) is 5.75 Å². The maximum atomic E-state index is 9.39. The predicted molar refractivity (Wildman–Crippen MR) is 61.9 cm³/mol. The number of nitrogens with zero attached hydrogens (tertiary/aromatic N) is 3. The Hall–Kier alpha value is -2.04. The number of nitrogens with two attached hydrogens (primary N) is 1. The number of benzene rings is 1. The van der Waals surface area contributed by atoms with Crippen LogP contribution in [-0.4, -0.2) is 20.1 Å². The van der Waals surface area contributed by atoms with Crippen molar-refractivity contribution in [2.24, 2.45) is 0 Å². The van der Waals surface area contributed by atoms with Crippen LogP contribution in [0.1, 0.15) is 19.9 Å². The Morgan fingerprint density at radius 1 is 1.38 bits per heavy atom. The van der Waals surface area contributed by atoms with E-state index in [0.29, 0.717) is 11.5 Å². The molecule has 0 bridgehead atoms. The standard InChI is InChI=1S/C11H14N4O/c1-7(2)15-11(12)10(13-14-15)8-4-3-5-9(16)6-8/h3-7,16H,12H2,1-2H3. The Bertz CT molecular complexity index is 504. The van der Waals surface area contributed by atoms with E-state index < -0.39 is 0 Å². The first-order chi connectivity index (χ1) is 7.59. The van der Waals surface area contributed by atoms with Gasteiger partial charge in [0, 0.05) is 5.56 Å². The zero-order valence-electron chi connectivity index (χ0n) is 9.25. The molecule has 0 saturated heterocycles.